The van der Waals surface area contributed by atoms with E-state index in [2.05, 4.69) is 0 Å². The zero-order chi connectivity index (χ0) is 10.7. The number of aliphatic hydroxyl groups is 3. The van der Waals surface area contributed by atoms with Gasteiger partial charge in [0.25, 0.3) is 0 Å². The Kier molecular flexibility index (Phi) is 3.40. The van der Waals surface area contributed by atoms with E-state index in [1.165, 1.54) is 18.2 Å². The Morgan fingerprint density at radius 3 is 2.57 bits per heavy atom. The van der Waals surface area contributed by atoms with Crippen LogP contribution in [0.3, 0.4) is 0 Å². The number of nitrogen functional groups attached to an aromatic ring is 1. The molecule has 5 N–H and O–H groups in total. The van der Waals surface area contributed by atoms with Crippen molar-refractivity contribution in [1.29, 1.82) is 0 Å². The van der Waals surface area contributed by atoms with Gasteiger partial charge in [0.05, 0.1) is 12.3 Å². The summed E-state index contributed by atoms with van der Waals surface area (Å²) in [5, 5.41) is 27.0. The van der Waals surface area contributed by atoms with Crippen LogP contribution in [0.4, 0.5) is 10.1 Å². The van der Waals surface area contributed by atoms with Crippen molar-refractivity contribution in [3.8, 4) is 0 Å². The molecule has 2 atom stereocenters. The zero-order valence-electron chi connectivity index (χ0n) is 7.39. The maximum absolute atomic E-state index is 13.3. The third-order valence-electron chi connectivity index (χ3n) is 1.93. The van der Waals surface area contributed by atoms with Crippen molar-refractivity contribution < 1.29 is 19.7 Å². The SMILES string of the molecule is Nc1cccc(C(O)C(O)CO)c1F. The van der Waals surface area contributed by atoms with Gasteiger partial charge in [-0.15, -0.1) is 0 Å². The second-order valence-electron chi connectivity index (χ2n) is 2.95. The minimum Gasteiger partial charge on any atom is -0.396 e. The second kappa shape index (κ2) is 4.36. The van der Waals surface area contributed by atoms with Crippen LogP contribution in [0.5, 0.6) is 0 Å². The van der Waals surface area contributed by atoms with E-state index in [9.17, 15) is 9.50 Å². The van der Waals surface area contributed by atoms with Gasteiger partial charge in [-0.3, -0.25) is 0 Å². The molecule has 0 bridgehead atoms. The monoisotopic (exact) mass is 201 g/mol. The molecule has 0 aromatic heterocycles. The average Bonchev–Trinajstić information content (AvgIpc) is 2.20. The number of hydrogen-bond donors (Lipinski definition) is 4. The highest BCUT2D eigenvalue weighted by Gasteiger charge is 2.21. The van der Waals surface area contributed by atoms with Crippen LogP contribution in [0.15, 0.2) is 18.2 Å². The lowest BCUT2D eigenvalue weighted by Gasteiger charge is -2.16. The smallest absolute Gasteiger partial charge is 0.151 e. The lowest BCUT2D eigenvalue weighted by molar-refractivity contribution is -0.0167. The summed E-state index contributed by atoms with van der Waals surface area (Å²) >= 11 is 0. The lowest BCUT2D eigenvalue weighted by atomic mass is 10.0. The largest absolute Gasteiger partial charge is 0.396 e. The normalized spacial score (nSPS) is 15.1. The number of halogens is 1. The molecular weight excluding hydrogens is 189 g/mol. The Morgan fingerprint density at radius 1 is 1.36 bits per heavy atom. The molecule has 0 fully saturated rings. The summed E-state index contributed by atoms with van der Waals surface area (Å²) in [6.45, 7) is -0.643. The van der Waals surface area contributed by atoms with E-state index in [0.717, 1.165) is 0 Å². The van der Waals surface area contributed by atoms with Gasteiger partial charge in [-0.1, -0.05) is 12.1 Å². The highest BCUT2D eigenvalue weighted by atomic mass is 19.1. The summed E-state index contributed by atoms with van der Waals surface area (Å²) in [5.74, 6) is -0.771. The molecule has 0 radical (unpaired) electrons. The number of aliphatic hydroxyl groups excluding tert-OH is 3. The predicted molar refractivity (Wildman–Crippen MR) is 48.9 cm³/mol. The van der Waals surface area contributed by atoms with Crippen LogP contribution in [0.1, 0.15) is 11.7 Å². The van der Waals surface area contributed by atoms with Gasteiger partial charge in [-0.2, -0.15) is 0 Å². The molecule has 0 saturated heterocycles. The van der Waals surface area contributed by atoms with Crippen molar-refractivity contribution in [2.75, 3.05) is 12.3 Å². The van der Waals surface area contributed by atoms with E-state index in [4.69, 9.17) is 15.9 Å². The van der Waals surface area contributed by atoms with E-state index in [1.54, 1.807) is 0 Å². The predicted octanol–water partition coefficient (Wildman–Crippen LogP) is -0.206. The molecule has 78 valence electrons. The molecule has 1 aromatic carbocycles. The van der Waals surface area contributed by atoms with Crippen LogP contribution < -0.4 is 5.73 Å². The first-order valence-electron chi connectivity index (χ1n) is 4.08. The number of anilines is 1. The van der Waals surface area contributed by atoms with E-state index in [-0.39, 0.29) is 11.3 Å². The highest BCUT2D eigenvalue weighted by Crippen LogP contribution is 2.23. The van der Waals surface area contributed by atoms with Crippen molar-refractivity contribution in [3.05, 3.63) is 29.6 Å². The van der Waals surface area contributed by atoms with E-state index in [0.29, 0.717) is 0 Å². The molecule has 14 heavy (non-hydrogen) atoms. The van der Waals surface area contributed by atoms with Gasteiger partial charge in [-0.25, -0.2) is 4.39 Å². The first-order valence-corrected chi connectivity index (χ1v) is 4.08. The molecule has 0 amide bonds. The molecule has 0 aliphatic rings. The fraction of sp³-hybridized carbons (Fsp3) is 0.333. The molecule has 0 aliphatic carbocycles. The zero-order valence-corrected chi connectivity index (χ0v) is 7.39. The van der Waals surface area contributed by atoms with Crippen molar-refractivity contribution in [2.24, 2.45) is 0 Å². The summed E-state index contributed by atoms with van der Waals surface area (Å²) in [4.78, 5) is 0. The molecule has 0 spiro atoms. The Balaban J connectivity index is 3.01. The Morgan fingerprint density at radius 2 is 2.00 bits per heavy atom. The van der Waals surface area contributed by atoms with Gasteiger partial charge in [0.1, 0.15) is 12.2 Å². The fourth-order valence-electron chi connectivity index (χ4n) is 1.10. The molecule has 5 heteroatoms. The minimum absolute atomic E-state index is 0.105. The number of hydrogen-bond acceptors (Lipinski definition) is 4. The molecule has 1 aromatic rings. The van der Waals surface area contributed by atoms with E-state index < -0.39 is 24.6 Å². The Bertz CT molecular complexity index is 319. The van der Waals surface area contributed by atoms with E-state index >= 15 is 0 Å². The Labute approximate surface area is 80.4 Å². The molecule has 0 saturated carbocycles. The fourth-order valence-corrected chi connectivity index (χ4v) is 1.10. The molecule has 0 aliphatic heterocycles. The summed E-state index contributed by atoms with van der Waals surface area (Å²) in [7, 11) is 0. The van der Waals surface area contributed by atoms with Crippen LogP contribution >= 0.6 is 0 Å². The van der Waals surface area contributed by atoms with Crippen molar-refractivity contribution in [2.45, 2.75) is 12.2 Å². The lowest BCUT2D eigenvalue weighted by Crippen LogP contribution is -2.23. The minimum atomic E-state index is -1.47. The Hall–Kier alpha value is -1.17. The summed E-state index contributed by atoms with van der Waals surface area (Å²) in [6, 6.07) is 4.10. The van der Waals surface area contributed by atoms with Crippen molar-refractivity contribution in [1.82, 2.24) is 0 Å². The van der Waals surface area contributed by atoms with Crippen molar-refractivity contribution >= 4 is 5.69 Å². The number of nitrogens with two attached hydrogens (primary N) is 1. The summed E-state index contributed by atoms with van der Waals surface area (Å²) < 4.78 is 13.3. The van der Waals surface area contributed by atoms with Crippen LogP contribution in [-0.2, 0) is 0 Å². The molecule has 2 unspecified atom stereocenters. The van der Waals surface area contributed by atoms with Gasteiger partial charge in [0.15, 0.2) is 5.82 Å². The third kappa shape index (κ3) is 2.01. The maximum atomic E-state index is 13.3. The summed E-state index contributed by atoms with van der Waals surface area (Å²) in [5.41, 5.74) is 5.05. The second-order valence-corrected chi connectivity index (χ2v) is 2.95. The number of benzene rings is 1. The first-order chi connectivity index (χ1) is 6.57. The first kappa shape index (κ1) is 10.9. The van der Waals surface area contributed by atoms with Gasteiger partial charge in [-0.05, 0) is 6.07 Å². The third-order valence-corrected chi connectivity index (χ3v) is 1.93. The van der Waals surface area contributed by atoms with Gasteiger partial charge >= 0.3 is 0 Å². The topological polar surface area (TPSA) is 86.7 Å². The average molecular weight is 201 g/mol. The number of rotatable bonds is 3. The van der Waals surface area contributed by atoms with Crippen LogP contribution in [-0.4, -0.2) is 28.0 Å². The van der Waals surface area contributed by atoms with Gasteiger partial charge in [0.2, 0.25) is 0 Å². The quantitative estimate of drug-likeness (QED) is 0.510. The highest BCUT2D eigenvalue weighted by molar-refractivity contribution is 5.43. The molecule has 0 heterocycles. The maximum Gasteiger partial charge on any atom is 0.151 e. The molecule has 4 nitrogen and oxygen atoms in total. The van der Waals surface area contributed by atoms with Gasteiger partial charge in [0, 0.05) is 5.56 Å². The van der Waals surface area contributed by atoms with Gasteiger partial charge < -0.3 is 21.1 Å². The van der Waals surface area contributed by atoms with Crippen LogP contribution in [0.2, 0.25) is 0 Å². The standard InChI is InChI=1S/C9H12FNO3/c10-8-5(2-1-3-6(8)11)9(14)7(13)4-12/h1-3,7,9,12-14H,4,11H2. The summed E-state index contributed by atoms with van der Waals surface area (Å²) in [6.07, 6.45) is -2.88. The van der Waals surface area contributed by atoms with E-state index in [1.807, 2.05) is 0 Å². The van der Waals surface area contributed by atoms with Crippen LogP contribution in [0.25, 0.3) is 0 Å². The molecular formula is C9H12FNO3. The van der Waals surface area contributed by atoms with Crippen molar-refractivity contribution in [3.63, 3.8) is 0 Å². The molecule has 1 rings (SSSR count). The van der Waals surface area contributed by atoms with Crippen LogP contribution in [0, 0.1) is 5.82 Å².